The number of hydrogen-bond donors (Lipinski definition) is 2. The highest BCUT2D eigenvalue weighted by Gasteiger charge is 2.20. The third kappa shape index (κ3) is 4.84. The Morgan fingerprint density at radius 1 is 1.33 bits per heavy atom. The lowest BCUT2D eigenvalue weighted by Crippen LogP contribution is -2.23. The van der Waals surface area contributed by atoms with E-state index in [1.54, 1.807) is 24.3 Å². The zero-order valence-electron chi connectivity index (χ0n) is 10.0. The van der Waals surface area contributed by atoms with Crippen molar-refractivity contribution in [1.82, 2.24) is 5.32 Å². The molecular formula is C12H17ClN2O2S. The van der Waals surface area contributed by atoms with Gasteiger partial charge in [-0.1, -0.05) is 17.7 Å². The predicted octanol–water partition coefficient (Wildman–Crippen LogP) is 2.22. The highest BCUT2D eigenvalue weighted by Crippen LogP contribution is 2.18. The number of nitrogens with one attached hydrogen (secondary N) is 2. The molecule has 1 aromatic carbocycles. The third-order valence-electron chi connectivity index (χ3n) is 2.70. The van der Waals surface area contributed by atoms with Crippen LogP contribution in [0.15, 0.2) is 24.3 Å². The van der Waals surface area contributed by atoms with E-state index in [2.05, 4.69) is 10.0 Å². The van der Waals surface area contributed by atoms with Crippen LogP contribution in [0.3, 0.4) is 0 Å². The summed E-state index contributed by atoms with van der Waals surface area (Å²) in [6.07, 6.45) is 3.05. The molecule has 0 heterocycles. The maximum absolute atomic E-state index is 11.8. The Labute approximate surface area is 113 Å². The van der Waals surface area contributed by atoms with Gasteiger partial charge in [-0.3, -0.25) is 4.72 Å². The van der Waals surface area contributed by atoms with Crippen molar-refractivity contribution in [1.29, 1.82) is 0 Å². The molecule has 1 saturated carbocycles. The van der Waals surface area contributed by atoms with Crippen LogP contribution in [0.25, 0.3) is 0 Å². The largest absolute Gasteiger partial charge is 0.314 e. The molecule has 100 valence electrons. The highest BCUT2D eigenvalue weighted by atomic mass is 35.5. The Morgan fingerprint density at radius 2 is 2.11 bits per heavy atom. The van der Waals surface area contributed by atoms with Gasteiger partial charge in [0.05, 0.1) is 5.75 Å². The molecule has 0 aromatic heterocycles. The van der Waals surface area contributed by atoms with E-state index in [9.17, 15) is 8.42 Å². The minimum atomic E-state index is -3.28. The van der Waals surface area contributed by atoms with Gasteiger partial charge in [0, 0.05) is 16.8 Å². The number of hydrogen-bond acceptors (Lipinski definition) is 3. The predicted molar refractivity (Wildman–Crippen MR) is 74.5 cm³/mol. The fourth-order valence-corrected chi connectivity index (χ4v) is 2.94. The highest BCUT2D eigenvalue weighted by molar-refractivity contribution is 7.92. The summed E-state index contributed by atoms with van der Waals surface area (Å²) in [5.74, 6) is 0.124. The van der Waals surface area contributed by atoms with Gasteiger partial charge in [-0.05, 0) is 44.0 Å². The lowest BCUT2D eigenvalue weighted by Gasteiger charge is -2.08. The molecule has 0 saturated heterocycles. The van der Waals surface area contributed by atoms with Crippen molar-refractivity contribution in [3.63, 3.8) is 0 Å². The van der Waals surface area contributed by atoms with Crippen molar-refractivity contribution in [3.05, 3.63) is 29.3 Å². The van der Waals surface area contributed by atoms with Crippen LogP contribution < -0.4 is 10.0 Å². The summed E-state index contributed by atoms with van der Waals surface area (Å²) in [6.45, 7) is 0.751. The quantitative estimate of drug-likeness (QED) is 0.757. The van der Waals surface area contributed by atoms with Crippen LogP contribution in [0.2, 0.25) is 5.02 Å². The summed E-state index contributed by atoms with van der Waals surface area (Å²) in [5, 5.41) is 3.81. The first-order valence-electron chi connectivity index (χ1n) is 6.05. The fourth-order valence-electron chi connectivity index (χ4n) is 1.64. The molecule has 1 aromatic rings. The molecule has 18 heavy (non-hydrogen) atoms. The van der Waals surface area contributed by atoms with Gasteiger partial charge < -0.3 is 5.32 Å². The van der Waals surface area contributed by atoms with Gasteiger partial charge in [0.25, 0.3) is 0 Å². The smallest absolute Gasteiger partial charge is 0.232 e. The van der Waals surface area contributed by atoms with E-state index >= 15 is 0 Å². The van der Waals surface area contributed by atoms with Gasteiger partial charge in [0.2, 0.25) is 10.0 Å². The van der Waals surface area contributed by atoms with E-state index in [4.69, 9.17) is 11.6 Å². The SMILES string of the molecule is O=S(=O)(CCCNC1CC1)Nc1cccc(Cl)c1. The molecule has 0 unspecified atom stereocenters. The van der Waals surface area contributed by atoms with Crippen LogP contribution in [-0.2, 0) is 10.0 Å². The summed E-state index contributed by atoms with van der Waals surface area (Å²) < 4.78 is 26.1. The Balaban J connectivity index is 1.78. The summed E-state index contributed by atoms with van der Waals surface area (Å²) in [6, 6.07) is 7.33. The van der Waals surface area contributed by atoms with Gasteiger partial charge in [-0.15, -0.1) is 0 Å². The second-order valence-electron chi connectivity index (χ2n) is 4.51. The van der Waals surface area contributed by atoms with Crippen LogP contribution in [0.1, 0.15) is 19.3 Å². The maximum Gasteiger partial charge on any atom is 0.232 e. The standard InChI is InChI=1S/C12H17ClN2O2S/c13-10-3-1-4-12(9-10)15-18(16,17)8-2-7-14-11-5-6-11/h1,3-4,9,11,14-15H,2,5-8H2. The first kappa shape index (κ1) is 13.6. The molecule has 4 nitrogen and oxygen atoms in total. The van der Waals surface area contributed by atoms with Gasteiger partial charge in [-0.25, -0.2) is 8.42 Å². The van der Waals surface area contributed by atoms with Crippen LogP contribution in [0.5, 0.6) is 0 Å². The van der Waals surface area contributed by atoms with Crippen LogP contribution in [-0.4, -0.2) is 26.8 Å². The molecule has 0 atom stereocenters. The normalized spacial score (nSPS) is 15.6. The van der Waals surface area contributed by atoms with Crippen molar-refractivity contribution in [2.24, 2.45) is 0 Å². The van der Waals surface area contributed by atoms with Gasteiger partial charge in [0.15, 0.2) is 0 Å². The van der Waals surface area contributed by atoms with Gasteiger partial charge in [-0.2, -0.15) is 0 Å². The summed E-state index contributed by atoms with van der Waals surface area (Å²) in [4.78, 5) is 0. The number of benzene rings is 1. The number of halogens is 1. The minimum absolute atomic E-state index is 0.124. The van der Waals surface area contributed by atoms with Crippen LogP contribution >= 0.6 is 11.6 Å². The second kappa shape index (κ2) is 5.91. The maximum atomic E-state index is 11.8. The molecule has 2 N–H and O–H groups in total. The lowest BCUT2D eigenvalue weighted by molar-refractivity contribution is 0.593. The molecule has 1 aliphatic rings. The molecule has 1 aliphatic carbocycles. The fraction of sp³-hybridized carbons (Fsp3) is 0.500. The number of anilines is 1. The Bertz CT molecular complexity index is 501. The summed E-state index contributed by atoms with van der Waals surface area (Å²) >= 11 is 5.80. The second-order valence-corrected chi connectivity index (χ2v) is 6.79. The Kier molecular flexibility index (Phi) is 4.48. The van der Waals surface area contributed by atoms with Gasteiger partial charge in [0.1, 0.15) is 0 Å². The third-order valence-corrected chi connectivity index (χ3v) is 4.31. The molecule has 0 aliphatic heterocycles. The Morgan fingerprint density at radius 3 is 2.78 bits per heavy atom. The minimum Gasteiger partial charge on any atom is -0.314 e. The Hall–Kier alpha value is -0.780. The average Bonchev–Trinajstić information content (AvgIpc) is 3.07. The topological polar surface area (TPSA) is 58.2 Å². The van der Waals surface area contributed by atoms with E-state index in [0.29, 0.717) is 23.2 Å². The van der Waals surface area contributed by atoms with Crippen molar-refractivity contribution >= 4 is 27.3 Å². The van der Waals surface area contributed by atoms with Crippen molar-refractivity contribution < 1.29 is 8.42 Å². The zero-order valence-corrected chi connectivity index (χ0v) is 11.6. The molecular weight excluding hydrogens is 272 g/mol. The lowest BCUT2D eigenvalue weighted by atomic mass is 10.3. The zero-order chi connectivity index (χ0) is 13.0. The van der Waals surface area contributed by atoms with Crippen molar-refractivity contribution in [3.8, 4) is 0 Å². The van der Waals surface area contributed by atoms with Crippen molar-refractivity contribution in [2.75, 3.05) is 17.0 Å². The van der Waals surface area contributed by atoms with E-state index in [-0.39, 0.29) is 5.75 Å². The number of sulfonamides is 1. The molecule has 0 amide bonds. The van der Waals surface area contributed by atoms with Gasteiger partial charge >= 0.3 is 0 Å². The number of rotatable bonds is 7. The van der Waals surface area contributed by atoms with Crippen molar-refractivity contribution in [2.45, 2.75) is 25.3 Å². The molecule has 0 spiro atoms. The van der Waals surface area contributed by atoms with Crippen LogP contribution in [0.4, 0.5) is 5.69 Å². The van der Waals surface area contributed by atoms with Crippen LogP contribution in [0, 0.1) is 0 Å². The monoisotopic (exact) mass is 288 g/mol. The van der Waals surface area contributed by atoms with E-state index in [1.807, 2.05) is 0 Å². The summed E-state index contributed by atoms with van der Waals surface area (Å²) in [7, 11) is -3.28. The van der Waals surface area contributed by atoms with E-state index < -0.39 is 10.0 Å². The average molecular weight is 289 g/mol. The van der Waals surface area contributed by atoms with E-state index in [1.165, 1.54) is 12.8 Å². The van der Waals surface area contributed by atoms with E-state index in [0.717, 1.165) is 6.54 Å². The molecule has 1 fully saturated rings. The molecule has 0 radical (unpaired) electrons. The first-order chi connectivity index (χ1) is 8.55. The first-order valence-corrected chi connectivity index (χ1v) is 8.08. The molecule has 0 bridgehead atoms. The molecule has 2 rings (SSSR count). The summed E-state index contributed by atoms with van der Waals surface area (Å²) in [5.41, 5.74) is 0.512. The molecule has 6 heteroatoms.